The van der Waals surface area contributed by atoms with Crippen LogP contribution in [-0.4, -0.2) is 43.3 Å². The molecule has 0 aliphatic carbocycles. The van der Waals surface area contributed by atoms with Gasteiger partial charge in [0, 0.05) is 25.2 Å². The number of carbonyl (C=O) groups excluding carboxylic acids is 1. The van der Waals surface area contributed by atoms with Gasteiger partial charge >= 0.3 is 6.36 Å². The molecule has 1 aliphatic rings. The Balaban J connectivity index is 0.00000220. The molecule has 1 aliphatic heterocycles. The molecule has 1 aromatic carbocycles. The Morgan fingerprint density at radius 2 is 2.14 bits per heavy atom. The zero-order valence-corrected chi connectivity index (χ0v) is 12.1. The SMILES string of the molecule is CN(C(=O)c1cccc(OC(F)(F)F)c1)[C@@H]1CCNC1.Cl. The van der Waals surface area contributed by atoms with Gasteiger partial charge in [0.1, 0.15) is 5.75 Å². The largest absolute Gasteiger partial charge is 0.573 e. The van der Waals surface area contributed by atoms with E-state index in [0.717, 1.165) is 19.0 Å². The minimum Gasteiger partial charge on any atom is -0.406 e. The highest BCUT2D eigenvalue weighted by atomic mass is 35.5. The number of likely N-dealkylation sites (N-methyl/N-ethyl adjacent to an activating group) is 1. The number of alkyl halides is 3. The molecule has 0 bridgehead atoms. The summed E-state index contributed by atoms with van der Waals surface area (Å²) in [6.45, 7) is 1.53. The van der Waals surface area contributed by atoms with Crippen LogP contribution in [-0.2, 0) is 0 Å². The molecule has 21 heavy (non-hydrogen) atoms. The summed E-state index contributed by atoms with van der Waals surface area (Å²) in [6.07, 6.45) is -3.93. The predicted molar refractivity (Wildman–Crippen MR) is 73.7 cm³/mol. The van der Waals surface area contributed by atoms with Crippen LogP contribution in [0, 0.1) is 0 Å². The van der Waals surface area contributed by atoms with E-state index in [4.69, 9.17) is 0 Å². The van der Waals surface area contributed by atoms with E-state index < -0.39 is 6.36 Å². The van der Waals surface area contributed by atoms with Crippen LogP contribution in [0.15, 0.2) is 24.3 Å². The lowest BCUT2D eigenvalue weighted by atomic mass is 10.1. The van der Waals surface area contributed by atoms with Crippen molar-refractivity contribution in [3.8, 4) is 5.75 Å². The van der Waals surface area contributed by atoms with Gasteiger partial charge in [-0.2, -0.15) is 0 Å². The molecule has 2 rings (SSSR count). The molecule has 1 atom stereocenters. The van der Waals surface area contributed by atoms with Gasteiger partial charge in [-0.05, 0) is 31.2 Å². The van der Waals surface area contributed by atoms with E-state index in [1.807, 2.05) is 0 Å². The summed E-state index contributed by atoms with van der Waals surface area (Å²) in [5.74, 6) is -0.701. The van der Waals surface area contributed by atoms with E-state index in [-0.39, 0.29) is 35.7 Å². The first-order valence-corrected chi connectivity index (χ1v) is 6.20. The first kappa shape index (κ1) is 17.6. The third-order valence-corrected chi connectivity index (χ3v) is 3.22. The first-order valence-electron chi connectivity index (χ1n) is 6.20. The Morgan fingerprint density at radius 3 is 2.71 bits per heavy atom. The highest BCUT2D eigenvalue weighted by Gasteiger charge is 2.31. The van der Waals surface area contributed by atoms with Crippen molar-refractivity contribution < 1.29 is 22.7 Å². The van der Waals surface area contributed by atoms with Crippen molar-refractivity contribution in [2.75, 3.05) is 20.1 Å². The van der Waals surface area contributed by atoms with Crippen molar-refractivity contribution >= 4 is 18.3 Å². The third kappa shape index (κ3) is 4.78. The summed E-state index contributed by atoms with van der Waals surface area (Å²) in [5.41, 5.74) is 0.182. The number of carbonyl (C=O) groups is 1. The molecule has 0 spiro atoms. The van der Waals surface area contributed by atoms with Crippen molar-refractivity contribution in [2.45, 2.75) is 18.8 Å². The van der Waals surface area contributed by atoms with Gasteiger partial charge in [-0.3, -0.25) is 4.79 Å². The smallest absolute Gasteiger partial charge is 0.406 e. The highest BCUT2D eigenvalue weighted by Crippen LogP contribution is 2.24. The summed E-state index contributed by atoms with van der Waals surface area (Å²) >= 11 is 0. The molecule has 8 heteroatoms. The Morgan fingerprint density at radius 1 is 1.43 bits per heavy atom. The average Bonchev–Trinajstić information content (AvgIpc) is 2.89. The predicted octanol–water partition coefficient (Wildman–Crippen LogP) is 2.44. The van der Waals surface area contributed by atoms with Crippen molar-refractivity contribution in [3.05, 3.63) is 29.8 Å². The van der Waals surface area contributed by atoms with Crippen LogP contribution in [0.4, 0.5) is 13.2 Å². The number of nitrogens with one attached hydrogen (secondary N) is 1. The van der Waals surface area contributed by atoms with Crippen LogP contribution in [0.25, 0.3) is 0 Å². The number of amides is 1. The van der Waals surface area contributed by atoms with Gasteiger partial charge in [-0.15, -0.1) is 25.6 Å². The van der Waals surface area contributed by atoms with Gasteiger partial charge in [0.05, 0.1) is 0 Å². The molecular formula is C13H16ClF3N2O2. The van der Waals surface area contributed by atoms with Crippen LogP contribution in [0.3, 0.4) is 0 Å². The summed E-state index contributed by atoms with van der Waals surface area (Å²) in [4.78, 5) is 13.8. The second-order valence-corrected chi connectivity index (χ2v) is 4.64. The lowest BCUT2D eigenvalue weighted by molar-refractivity contribution is -0.274. The van der Waals surface area contributed by atoms with Gasteiger partial charge in [0.2, 0.25) is 0 Å². The molecule has 0 aromatic heterocycles. The van der Waals surface area contributed by atoms with Gasteiger partial charge < -0.3 is 15.0 Å². The molecule has 1 fully saturated rings. The van der Waals surface area contributed by atoms with E-state index in [0.29, 0.717) is 6.54 Å². The van der Waals surface area contributed by atoms with Crippen LogP contribution in [0.1, 0.15) is 16.8 Å². The standard InChI is InChI=1S/C13H15F3N2O2.ClH/c1-18(10-5-6-17-8-10)12(19)9-3-2-4-11(7-9)20-13(14,15)16;/h2-4,7,10,17H,5-6,8H2,1H3;1H/t10-;/m1./s1. The second kappa shape index (κ2) is 7.00. The number of hydrogen-bond donors (Lipinski definition) is 1. The Bertz CT molecular complexity index is 491. The number of rotatable bonds is 3. The number of benzene rings is 1. The molecule has 0 unspecified atom stereocenters. The van der Waals surface area contributed by atoms with Gasteiger partial charge in [0.25, 0.3) is 5.91 Å². The van der Waals surface area contributed by atoms with Gasteiger partial charge in [-0.1, -0.05) is 6.07 Å². The lowest BCUT2D eigenvalue weighted by Crippen LogP contribution is -2.38. The minimum absolute atomic E-state index is 0. The van der Waals surface area contributed by atoms with Crippen LogP contribution >= 0.6 is 12.4 Å². The normalized spacial score (nSPS) is 18.0. The monoisotopic (exact) mass is 324 g/mol. The van der Waals surface area contributed by atoms with E-state index in [2.05, 4.69) is 10.1 Å². The molecule has 0 radical (unpaired) electrons. The van der Waals surface area contributed by atoms with Crippen LogP contribution in [0.5, 0.6) is 5.75 Å². The van der Waals surface area contributed by atoms with Crippen molar-refractivity contribution in [1.82, 2.24) is 10.2 Å². The lowest BCUT2D eigenvalue weighted by Gasteiger charge is -2.24. The molecule has 0 saturated carbocycles. The molecular weight excluding hydrogens is 309 g/mol. The maximum Gasteiger partial charge on any atom is 0.573 e. The maximum atomic E-state index is 12.2. The number of halogens is 4. The number of ether oxygens (including phenoxy) is 1. The Kier molecular flexibility index (Phi) is 5.86. The fourth-order valence-electron chi connectivity index (χ4n) is 2.17. The third-order valence-electron chi connectivity index (χ3n) is 3.22. The fraction of sp³-hybridized carbons (Fsp3) is 0.462. The van der Waals surface area contributed by atoms with Crippen molar-refractivity contribution in [3.63, 3.8) is 0 Å². The molecule has 1 saturated heterocycles. The molecule has 1 heterocycles. The summed E-state index contributed by atoms with van der Waals surface area (Å²) < 4.78 is 40.3. The highest BCUT2D eigenvalue weighted by molar-refractivity contribution is 5.94. The van der Waals surface area contributed by atoms with Gasteiger partial charge in [-0.25, -0.2) is 0 Å². The Hall–Kier alpha value is -1.47. The van der Waals surface area contributed by atoms with Gasteiger partial charge in [0.15, 0.2) is 0 Å². The average molecular weight is 325 g/mol. The molecule has 4 nitrogen and oxygen atoms in total. The molecule has 1 N–H and O–H groups in total. The quantitative estimate of drug-likeness (QED) is 0.928. The topological polar surface area (TPSA) is 41.6 Å². The molecule has 1 aromatic rings. The van der Waals surface area contributed by atoms with E-state index in [1.54, 1.807) is 11.9 Å². The fourth-order valence-corrected chi connectivity index (χ4v) is 2.17. The minimum atomic E-state index is -4.76. The Labute approximate surface area is 126 Å². The molecule has 1 amide bonds. The summed E-state index contributed by atoms with van der Waals surface area (Å²) in [5, 5.41) is 3.13. The number of nitrogens with zero attached hydrogens (tertiary/aromatic N) is 1. The summed E-state index contributed by atoms with van der Waals surface area (Å²) in [7, 11) is 1.65. The van der Waals surface area contributed by atoms with Crippen molar-refractivity contribution in [1.29, 1.82) is 0 Å². The zero-order valence-electron chi connectivity index (χ0n) is 11.3. The van der Waals surface area contributed by atoms with E-state index in [1.165, 1.54) is 18.2 Å². The summed E-state index contributed by atoms with van der Waals surface area (Å²) in [6, 6.07) is 5.19. The van der Waals surface area contributed by atoms with Crippen molar-refractivity contribution in [2.24, 2.45) is 0 Å². The van der Waals surface area contributed by atoms with Crippen LogP contribution in [0.2, 0.25) is 0 Å². The zero-order chi connectivity index (χ0) is 14.8. The second-order valence-electron chi connectivity index (χ2n) is 4.64. The maximum absolute atomic E-state index is 12.2. The first-order chi connectivity index (χ1) is 9.37. The molecule has 118 valence electrons. The van der Waals surface area contributed by atoms with E-state index in [9.17, 15) is 18.0 Å². The van der Waals surface area contributed by atoms with E-state index >= 15 is 0 Å². The van der Waals surface area contributed by atoms with Crippen LogP contribution < -0.4 is 10.1 Å². The number of hydrogen-bond acceptors (Lipinski definition) is 3.